The first-order chi connectivity index (χ1) is 6.33. The van der Waals surface area contributed by atoms with Crippen LogP contribution in [0.25, 0.3) is 0 Å². The largest absolute Gasteiger partial charge is 0.295 e. The van der Waals surface area contributed by atoms with Gasteiger partial charge in [0.05, 0.1) is 0 Å². The second-order valence-electron chi connectivity index (χ2n) is 3.93. The van der Waals surface area contributed by atoms with Crippen molar-refractivity contribution in [2.24, 2.45) is 0 Å². The van der Waals surface area contributed by atoms with Gasteiger partial charge >= 0.3 is 0 Å². The minimum absolute atomic E-state index is 0.344. The maximum atomic E-state index is 11.1. The van der Waals surface area contributed by atoms with Crippen LogP contribution in [-0.4, -0.2) is 5.78 Å². The van der Waals surface area contributed by atoms with E-state index in [9.17, 15) is 4.79 Å². The van der Waals surface area contributed by atoms with Crippen LogP contribution in [-0.2, 0) is 4.79 Å². The summed E-state index contributed by atoms with van der Waals surface area (Å²) >= 11 is 0. The van der Waals surface area contributed by atoms with Crippen molar-refractivity contribution in [1.29, 1.82) is 0 Å². The molecule has 1 nitrogen and oxygen atoms in total. The topological polar surface area (TPSA) is 17.1 Å². The molecule has 0 aromatic rings. The van der Waals surface area contributed by atoms with Crippen molar-refractivity contribution in [3.63, 3.8) is 0 Å². The summed E-state index contributed by atoms with van der Waals surface area (Å²) in [6.07, 6.45) is 11.3. The summed E-state index contributed by atoms with van der Waals surface area (Å²) in [7, 11) is 0. The molecule has 0 aliphatic heterocycles. The maximum absolute atomic E-state index is 11.1. The Kier molecular flexibility index (Phi) is 4.81. The van der Waals surface area contributed by atoms with Crippen LogP contribution in [0.1, 0.15) is 58.3 Å². The number of carbonyl (C=O) groups is 1. The van der Waals surface area contributed by atoms with E-state index in [1.165, 1.54) is 31.3 Å². The number of unbranched alkanes of at least 4 members (excludes halogenated alkanes) is 3. The molecule has 0 radical (unpaired) electrons. The smallest absolute Gasteiger partial charge is 0.155 e. The lowest BCUT2D eigenvalue weighted by Crippen LogP contribution is -2.02. The average molecular weight is 180 g/mol. The van der Waals surface area contributed by atoms with E-state index in [0.717, 1.165) is 25.7 Å². The van der Waals surface area contributed by atoms with Gasteiger partial charge in [-0.15, -0.1) is 0 Å². The van der Waals surface area contributed by atoms with Crippen LogP contribution in [0.15, 0.2) is 11.6 Å². The molecule has 1 aliphatic carbocycles. The molecular weight excluding hydrogens is 160 g/mol. The van der Waals surface area contributed by atoms with Gasteiger partial charge in [0.25, 0.3) is 0 Å². The molecule has 0 aromatic carbocycles. The van der Waals surface area contributed by atoms with E-state index in [0.29, 0.717) is 5.78 Å². The molecular formula is C12H20O. The third kappa shape index (κ3) is 4.25. The van der Waals surface area contributed by atoms with Gasteiger partial charge in [0.2, 0.25) is 0 Å². The van der Waals surface area contributed by atoms with Crippen molar-refractivity contribution >= 4 is 5.78 Å². The number of carbonyl (C=O) groups excluding carboxylic acids is 1. The van der Waals surface area contributed by atoms with Gasteiger partial charge in [0.15, 0.2) is 5.78 Å². The molecule has 0 fully saturated rings. The minimum Gasteiger partial charge on any atom is -0.295 e. The summed E-state index contributed by atoms with van der Waals surface area (Å²) in [6, 6.07) is 0. The van der Waals surface area contributed by atoms with Crippen molar-refractivity contribution < 1.29 is 4.79 Å². The lowest BCUT2D eigenvalue weighted by Gasteiger charge is -2.11. The van der Waals surface area contributed by atoms with E-state index < -0.39 is 0 Å². The molecule has 74 valence electrons. The quantitative estimate of drug-likeness (QED) is 0.590. The Bertz CT molecular complexity index is 191. The van der Waals surface area contributed by atoms with Crippen LogP contribution in [0.3, 0.4) is 0 Å². The zero-order chi connectivity index (χ0) is 9.52. The van der Waals surface area contributed by atoms with Gasteiger partial charge in [-0.2, -0.15) is 0 Å². The second-order valence-corrected chi connectivity index (χ2v) is 3.93. The Morgan fingerprint density at radius 2 is 2.08 bits per heavy atom. The van der Waals surface area contributed by atoms with Crippen molar-refractivity contribution in [2.75, 3.05) is 0 Å². The number of hydrogen-bond acceptors (Lipinski definition) is 1. The van der Waals surface area contributed by atoms with E-state index in [2.05, 4.69) is 6.92 Å². The lowest BCUT2D eigenvalue weighted by atomic mass is 9.94. The van der Waals surface area contributed by atoms with Gasteiger partial charge in [-0.25, -0.2) is 0 Å². The van der Waals surface area contributed by atoms with E-state index in [-0.39, 0.29) is 0 Å². The molecule has 0 saturated heterocycles. The number of ketones is 1. The predicted molar refractivity (Wildman–Crippen MR) is 55.7 cm³/mol. The fourth-order valence-electron chi connectivity index (χ4n) is 1.84. The van der Waals surface area contributed by atoms with Crippen molar-refractivity contribution in [3.8, 4) is 0 Å². The Hall–Kier alpha value is -0.590. The number of hydrogen-bond donors (Lipinski definition) is 0. The van der Waals surface area contributed by atoms with Gasteiger partial charge in [0, 0.05) is 6.42 Å². The van der Waals surface area contributed by atoms with Crippen LogP contribution in [0, 0.1) is 0 Å². The molecule has 0 bridgehead atoms. The second kappa shape index (κ2) is 5.95. The van der Waals surface area contributed by atoms with E-state index >= 15 is 0 Å². The molecule has 0 N–H and O–H groups in total. The number of rotatable bonds is 5. The molecule has 0 unspecified atom stereocenters. The monoisotopic (exact) mass is 180 g/mol. The Labute approximate surface area is 81.2 Å². The fourth-order valence-corrected chi connectivity index (χ4v) is 1.84. The molecule has 0 spiro atoms. The first kappa shape index (κ1) is 10.5. The maximum Gasteiger partial charge on any atom is 0.155 e. The highest BCUT2D eigenvalue weighted by molar-refractivity contribution is 5.91. The zero-order valence-corrected chi connectivity index (χ0v) is 8.64. The van der Waals surface area contributed by atoms with Crippen LogP contribution < -0.4 is 0 Å². The van der Waals surface area contributed by atoms with Crippen LogP contribution in [0.2, 0.25) is 0 Å². The van der Waals surface area contributed by atoms with Gasteiger partial charge in [0.1, 0.15) is 0 Å². The summed E-state index contributed by atoms with van der Waals surface area (Å²) in [5.41, 5.74) is 1.40. The standard InChI is InChI=1S/C12H20O/c1-2-3-4-5-7-11-8-6-9-12(13)10-11/h10H,2-9H2,1H3. The minimum atomic E-state index is 0.344. The van der Waals surface area contributed by atoms with E-state index in [4.69, 9.17) is 0 Å². The molecule has 0 saturated carbocycles. The van der Waals surface area contributed by atoms with Gasteiger partial charge in [-0.3, -0.25) is 4.79 Å². The predicted octanol–water partition coefficient (Wildman–Crippen LogP) is 3.64. The van der Waals surface area contributed by atoms with Crippen molar-refractivity contribution in [1.82, 2.24) is 0 Å². The first-order valence-corrected chi connectivity index (χ1v) is 5.55. The fraction of sp³-hybridized carbons (Fsp3) is 0.750. The normalized spacial score (nSPS) is 17.3. The van der Waals surface area contributed by atoms with Gasteiger partial charge < -0.3 is 0 Å². The van der Waals surface area contributed by atoms with Crippen LogP contribution in [0.5, 0.6) is 0 Å². The number of allylic oxidation sites excluding steroid dienone is 2. The molecule has 1 heteroatoms. The van der Waals surface area contributed by atoms with Crippen molar-refractivity contribution in [3.05, 3.63) is 11.6 Å². The summed E-state index contributed by atoms with van der Waals surface area (Å²) in [5, 5.41) is 0. The Balaban J connectivity index is 2.16. The lowest BCUT2D eigenvalue weighted by molar-refractivity contribution is -0.115. The third-order valence-corrected chi connectivity index (χ3v) is 2.64. The average Bonchev–Trinajstić information content (AvgIpc) is 2.13. The Morgan fingerprint density at radius 3 is 2.77 bits per heavy atom. The van der Waals surface area contributed by atoms with E-state index in [1.807, 2.05) is 6.08 Å². The highest BCUT2D eigenvalue weighted by Gasteiger charge is 2.08. The summed E-state index contributed by atoms with van der Waals surface area (Å²) in [6.45, 7) is 2.23. The van der Waals surface area contributed by atoms with Gasteiger partial charge in [-0.1, -0.05) is 31.8 Å². The first-order valence-electron chi connectivity index (χ1n) is 5.55. The molecule has 0 amide bonds. The highest BCUT2D eigenvalue weighted by atomic mass is 16.1. The van der Waals surface area contributed by atoms with E-state index in [1.54, 1.807) is 0 Å². The van der Waals surface area contributed by atoms with Gasteiger partial charge in [-0.05, 0) is 31.8 Å². The summed E-state index contributed by atoms with van der Waals surface area (Å²) < 4.78 is 0. The van der Waals surface area contributed by atoms with Crippen LogP contribution >= 0.6 is 0 Å². The molecule has 0 atom stereocenters. The SMILES string of the molecule is CCCCCCC1=CC(=O)CCC1. The molecule has 0 aromatic heterocycles. The molecule has 13 heavy (non-hydrogen) atoms. The molecule has 1 aliphatic rings. The highest BCUT2D eigenvalue weighted by Crippen LogP contribution is 2.20. The van der Waals surface area contributed by atoms with Crippen molar-refractivity contribution in [2.45, 2.75) is 58.3 Å². The molecule has 1 rings (SSSR count). The zero-order valence-electron chi connectivity index (χ0n) is 8.64. The summed E-state index contributed by atoms with van der Waals surface area (Å²) in [5.74, 6) is 0.344. The van der Waals surface area contributed by atoms with Crippen LogP contribution in [0.4, 0.5) is 0 Å². The molecule has 0 heterocycles. The Morgan fingerprint density at radius 1 is 1.23 bits per heavy atom. The third-order valence-electron chi connectivity index (χ3n) is 2.64. The summed E-state index contributed by atoms with van der Waals surface area (Å²) in [4.78, 5) is 11.1.